The topological polar surface area (TPSA) is 68.4 Å². The van der Waals surface area contributed by atoms with Crippen LogP contribution in [0.3, 0.4) is 0 Å². The summed E-state index contributed by atoms with van der Waals surface area (Å²) in [6, 6.07) is 7.23. The van der Waals surface area contributed by atoms with Crippen LogP contribution in [0.2, 0.25) is 0 Å². The molecule has 0 fully saturated rings. The lowest BCUT2D eigenvalue weighted by Gasteiger charge is -2.10. The zero-order valence-electron chi connectivity index (χ0n) is 12.2. The van der Waals surface area contributed by atoms with Crippen LogP contribution in [0, 0.1) is 6.92 Å². The van der Waals surface area contributed by atoms with Gasteiger partial charge in [0, 0.05) is 16.8 Å². The molecular weight excluding hydrogens is 270 g/mol. The van der Waals surface area contributed by atoms with Crippen molar-refractivity contribution >= 4 is 12.3 Å². The lowest BCUT2D eigenvalue weighted by atomic mass is 9.99. The number of hydrogen-bond donors (Lipinski definition) is 1. The number of nitrogens with one attached hydrogen (secondary N) is 1. The Bertz CT molecular complexity index is 673. The highest BCUT2D eigenvalue weighted by Gasteiger charge is 2.24. The number of aryl methyl sites for hydroxylation is 1. The third-order valence-electron chi connectivity index (χ3n) is 3.19. The van der Waals surface area contributed by atoms with Gasteiger partial charge in [-0.2, -0.15) is 0 Å². The molecule has 5 nitrogen and oxygen atoms in total. The number of carbonyl (C=O) groups is 2. The molecule has 0 aliphatic heterocycles. The van der Waals surface area contributed by atoms with E-state index in [4.69, 9.17) is 9.47 Å². The number of aromatic nitrogens is 1. The SMILES string of the molecule is CCOC(=O)c1c(C)[nH]c(C=O)c1-c1ccccc1OC. The van der Waals surface area contributed by atoms with Crippen molar-refractivity contribution in [2.75, 3.05) is 13.7 Å². The van der Waals surface area contributed by atoms with E-state index in [1.54, 1.807) is 33.1 Å². The first-order valence-electron chi connectivity index (χ1n) is 6.62. The third-order valence-corrected chi connectivity index (χ3v) is 3.19. The van der Waals surface area contributed by atoms with Gasteiger partial charge < -0.3 is 14.5 Å². The Morgan fingerprint density at radius 1 is 1.33 bits per heavy atom. The zero-order chi connectivity index (χ0) is 15.4. The molecule has 2 aromatic rings. The van der Waals surface area contributed by atoms with E-state index in [1.165, 1.54) is 0 Å². The van der Waals surface area contributed by atoms with Gasteiger partial charge in [0.1, 0.15) is 5.75 Å². The molecule has 2 rings (SSSR count). The van der Waals surface area contributed by atoms with Crippen LogP contribution in [0.15, 0.2) is 24.3 Å². The molecule has 1 heterocycles. The Balaban J connectivity index is 2.71. The van der Waals surface area contributed by atoms with Crippen LogP contribution in [0.5, 0.6) is 5.75 Å². The first-order valence-corrected chi connectivity index (χ1v) is 6.62. The first-order chi connectivity index (χ1) is 10.1. The molecule has 0 radical (unpaired) electrons. The minimum absolute atomic E-state index is 0.269. The molecule has 0 amide bonds. The van der Waals surface area contributed by atoms with Crippen LogP contribution in [0.1, 0.15) is 33.5 Å². The van der Waals surface area contributed by atoms with Crippen molar-refractivity contribution in [2.24, 2.45) is 0 Å². The minimum Gasteiger partial charge on any atom is -0.496 e. The van der Waals surface area contributed by atoms with Crippen molar-refractivity contribution < 1.29 is 19.1 Å². The number of ether oxygens (including phenoxy) is 2. The predicted octanol–water partition coefficient (Wildman–Crippen LogP) is 2.99. The molecule has 0 saturated carbocycles. The van der Waals surface area contributed by atoms with Gasteiger partial charge in [0.15, 0.2) is 6.29 Å². The lowest BCUT2D eigenvalue weighted by molar-refractivity contribution is 0.0526. The van der Waals surface area contributed by atoms with Gasteiger partial charge in [0.05, 0.1) is 25.0 Å². The first kappa shape index (κ1) is 14.8. The average molecular weight is 287 g/mol. The van der Waals surface area contributed by atoms with Gasteiger partial charge >= 0.3 is 5.97 Å². The van der Waals surface area contributed by atoms with Crippen LogP contribution in [0.25, 0.3) is 11.1 Å². The van der Waals surface area contributed by atoms with Crippen molar-refractivity contribution in [1.82, 2.24) is 4.98 Å². The summed E-state index contributed by atoms with van der Waals surface area (Å²) >= 11 is 0. The maximum absolute atomic E-state index is 12.2. The van der Waals surface area contributed by atoms with Crippen LogP contribution >= 0.6 is 0 Å². The molecule has 0 aliphatic rings. The van der Waals surface area contributed by atoms with Crippen molar-refractivity contribution in [3.63, 3.8) is 0 Å². The summed E-state index contributed by atoms with van der Waals surface area (Å²) < 4.78 is 10.4. The summed E-state index contributed by atoms with van der Waals surface area (Å²) in [7, 11) is 1.54. The van der Waals surface area contributed by atoms with Crippen LogP contribution in [0.4, 0.5) is 0 Å². The van der Waals surface area contributed by atoms with Crippen molar-refractivity contribution in [1.29, 1.82) is 0 Å². The second-order valence-electron chi connectivity index (χ2n) is 4.45. The van der Waals surface area contributed by atoms with Crippen molar-refractivity contribution in [3.8, 4) is 16.9 Å². The molecular formula is C16H17NO4. The Hall–Kier alpha value is -2.56. The number of carbonyl (C=O) groups excluding carboxylic acids is 2. The second kappa shape index (κ2) is 6.26. The summed E-state index contributed by atoms with van der Waals surface area (Å²) in [4.78, 5) is 26.4. The average Bonchev–Trinajstić information content (AvgIpc) is 2.83. The monoisotopic (exact) mass is 287 g/mol. The molecule has 1 aromatic carbocycles. The Morgan fingerprint density at radius 2 is 2.05 bits per heavy atom. The highest BCUT2D eigenvalue weighted by Crippen LogP contribution is 2.36. The van der Waals surface area contributed by atoms with E-state index < -0.39 is 5.97 Å². The van der Waals surface area contributed by atoms with Crippen LogP contribution in [-0.4, -0.2) is 31.0 Å². The molecule has 0 aliphatic carbocycles. The molecule has 0 bridgehead atoms. The maximum atomic E-state index is 12.2. The molecule has 5 heteroatoms. The zero-order valence-corrected chi connectivity index (χ0v) is 12.2. The third kappa shape index (κ3) is 2.67. The molecule has 21 heavy (non-hydrogen) atoms. The summed E-state index contributed by atoms with van der Waals surface area (Å²) in [6.45, 7) is 3.74. The van der Waals surface area contributed by atoms with Gasteiger partial charge in [0.2, 0.25) is 0 Å². The molecule has 110 valence electrons. The van der Waals surface area contributed by atoms with Crippen LogP contribution in [-0.2, 0) is 4.74 Å². The van der Waals surface area contributed by atoms with Crippen LogP contribution < -0.4 is 4.74 Å². The van der Waals surface area contributed by atoms with E-state index >= 15 is 0 Å². The number of H-pyrrole nitrogens is 1. The number of hydrogen-bond acceptors (Lipinski definition) is 4. The van der Waals surface area contributed by atoms with E-state index in [1.807, 2.05) is 12.1 Å². The summed E-state index contributed by atoms with van der Waals surface area (Å²) in [5.41, 5.74) is 2.48. The number of esters is 1. The number of aromatic amines is 1. The molecule has 1 N–H and O–H groups in total. The number of aldehydes is 1. The van der Waals surface area contributed by atoms with E-state index in [2.05, 4.69) is 4.98 Å². The second-order valence-corrected chi connectivity index (χ2v) is 4.45. The van der Waals surface area contributed by atoms with Gasteiger partial charge in [-0.1, -0.05) is 18.2 Å². The fraction of sp³-hybridized carbons (Fsp3) is 0.250. The van der Waals surface area contributed by atoms with Gasteiger partial charge in [0.25, 0.3) is 0 Å². The standard InChI is InChI=1S/C16H17NO4/c1-4-21-16(19)14-10(2)17-12(9-18)15(14)11-7-5-6-8-13(11)20-3/h5-9,17H,4H2,1-3H3. The molecule has 0 spiro atoms. The maximum Gasteiger partial charge on any atom is 0.340 e. The highest BCUT2D eigenvalue weighted by molar-refractivity contribution is 6.04. The van der Waals surface area contributed by atoms with Gasteiger partial charge in [-0.3, -0.25) is 4.79 Å². The summed E-state index contributed by atoms with van der Waals surface area (Å²) in [5.74, 6) is 0.130. The summed E-state index contributed by atoms with van der Waals surface area (Å²) in [5, 5.41) is 0. The summed E-state index contributed by atoms with van der Waals surface area (Å²) in [6.07, 6.45) is 0.692. The minimum atomic E-state index is -0.458. The largest absolute Gasteiger partial charge is 0.496 e. The molecule has 0 unspecified atom stereocenters. The van der Waals surface area contributed by atoms with Gasteiger partial charge in [-0.15, -0.1) is 0 Å². The van der Waals surface area contributed by atoms with E-state index in [9.17, 15) is 9.59 Å². The van der Waals surface area contributed by atoms with Crippen molar-refractivity contribution in [2.45, 2.75) is 13.8 Å². The Morgan fingerprint density at radius 3 is 2.67 bits per heavy atom. The number of rotatable bonds is 5. The fourth-order valence-electron chi connectivity index (χ4n) is 2.33. The quantitative estimate of drug-likeness (QED) is 0.678. The molecule has 1 aromatic heterocycles. The Labute approximate surface area is 122 Å². The van der Waals surface area contributed by atoms with Gasteiger partial charge in [-0.25, -0.2) is 4.79 Å². The van der Waals surface area contributed by atoms with E-state index in [0.29, 0.717) is 40.1 Å². The fourth-order valence-corrected chi connectivity index (χ4v) is 2.33. The lowest BCUT2D eigenvalue weighted by Crippen LogP contribution is -2.07. The number of para-hydroxylation sites is 1. The number of methoxy groups -OCH3 is 1. The normalized spacial score (nSPS) is 10.2. The van der Waals surface area contributed by atoms with Crippen molar-refractivity contribution in [3.05, 3.63) is 41.2 Å². The predicted molar refractivity (Wildman–Crippen MR) is 78.9 cm³/mol. The smallest absolute Gasteiger partial charge is 0.340 e. The Kier molecular flexibility index (Phi) is 4.42. The number of benzene rings is 1. The van der Waals surface area contributed by atoms with E-state index in [-0.39, 0.29) is 6.61 Å². The molecule has 0 saturated heterocycles. The van der Waals surface area contributed by atoms with Gasteiger partial charge in [-0.05, 0) is 19.9 Å². The highest BCUT2D eigenvalue weighted by atomic mass is 16.5. The van der Waals surface area contributed by atoms with E-state index in [0.717, 1.165) is 0 Å². The molecule has 0 atom stereocenters.